The highest BCUT2D eigenvalue weighted by Gasteiger charge is 2.20. The first-order valence-electron chi connectivity index (χ1n) is 41.0. The van der Waals surface area contributed by atoms with E-state index < -0.39 is 90.1 Å². The molecule has 0 aliphatic carbocycles. The number of ketones is 5. The van der Waals surface area contributed by atoms with Gasteiger partial charge in [-0.15, -0.1) is 0 Å². The quantitative estimate of drug-likeness (QED) is 0.0261. The van der Waals surface area contributed by atoms with Crippen LogP contribution in [0.4, 0.5) is 0 Å². The molecule has 128 heavy (non-hydrogen) atoms. The number of hydrogen-bond donors (Lipinski definition) is 8. The molecule has 1 aliphatic rings. The van der Waals surface area contributed by atoms with Gasteiger partial charge >= 0.3 is 23.9 Å². The van der Waals surface area contributed by atoms with E-state index in [-0.39, 0.29) is 214 Å². The average molecular weight is 2040 g/mol. The number of nitrogens with zero attached hydrogens (tertiary/aromatic N) is 3. The molecule has 1 aromatic carbocycles. The van der Waals surface area contributed by atoms with Gasteiger partial charge in [-0.05, 0) is 66.0 Å². The van der Waals surface area contributed by atoms with Gasteiger partial charge in [0.2, 0.25) is 17.7 Å². The lowest BCUT2D eigenvalue weighted by atomic mass is 10.1. The van der Waals surface area contributed by atoms with Crippen LogP contribution in [0.3, 0.4) is 0 Å². The standard InChI is InChI=1S/C13H16O5S.C10H19NO2S.C8H14O5S.C7H15NO4S.C7H15NO2S.C7H14O5S.C7H14O4S.C7H14O3S.C7H14O2S.C6H12O4S/c1-11(14)7-9-19(16,17)10-8-18-13(15)12-5-3-2-4-6-12;12-7-9-14-8-4-10(13)11-5-2-1-3-6-11;1-7(9)3-5-14(11,12)6-4-13-8(2)10;1-8(2)7(10)3-5-13(11,12)6-4-9;1-8(2)7(10)3-5-11-6-4-9;1-2-12-7(9)3-5-13(10,11)6-4-8;1-2-7(9)3-5-12(10,11)6-4-8;1-2-10-7(9)3-5-11-6-4-8;1-2-7(9)3-5-10-6-4-8;1-6(8)2-4-11(9,10)5-3-7/h2-6H,7-10H2,1H3;12H,1-9H2;3-6H2,1-2H3;9H,3-6H2,1-2H3;9H,3-6H2,1-2H3;8H,2-6H2,1H3;8H,2-6H2,1H3;8H,2-6H2,1H3;8H,2-6H2,1H3;7H,2-5H2,1H3. The van der Waals surface area contributed by atoms with Crippen molar-refractivity contribution in [1.29, 1.82) is 0 Å². The van der Waals surface area contributed by atoms with Crippen LogP contribution in [-0.4, -0.2) is 412 Å². The van der Waals surface area contributed by atoms with Crippen LogP contribution >= 0.6 is 47.0 Å². The number of hydrogen-bond acceptors (Lipinski definition) is 40. The first kappa shape index (κ1) is 138. The van der Waals surface area contributed by atoms with Crippen LogP contribution in [0.5, 0.6) is 0 Å². The molecule has 1 aromatic rings. The first-order chi connectivity index (χ1) is 59.8. The van der Waals surface area contributed by atoms with Gasteiger partial charge in [-0.3, -0.25) is 52.7 Å². The van der Waals surface area contributed by atoms with Crippen LogP contribution in [0.15, 0.2) is 30.3 Å². The summed E-state index contributed by atoms with van der Waals surface area (Å²) in [6.45, 7) is 13.7. The molecule has 0 bridgehead atoms. The molecule has 0 atom stereocenters. The van der Waals surface area contributed by atoms with E-state index in [2.05, 4.69) is 9.47 Å². The molecule has 1 heterocycles. The minimum Gasteiger partial charge on any atom is -0.466 e. The Morgan fingerprint density at radius 1 is 0.336 bits per heavy atom. The number of piperidine rings is 1. The van der Waals surface area contributed by atoms with Crippen molar-refractivity contribution in [3.8, 4) is 0 Å². The van der Waals surface area contributed by atoms with Gasteiger partial charge in [0, 0.05) is 158 Å². The lowest BCUT2D eigenvalue weighted by Crippen LogP contribution is -2.35. The molecule has 0 radical (unpaired) electrons. The number of aliphatic hydroxyl groups is 8. The number of benzene rings is 1. The summed E-state index contributed by atoms with van der Waals surface area (Å²) >= 11 is 6.43. The summed E-state index contributed by atoms with van der Waals surface area (Å²) in [7, 11) is -12.9. The molecular weight excluding hydrogens is 1890 g/mol. The fraction of sp³-hybridized carbons (Fsp3) is 0.772. The third-order valence-electron chi connectivity index (χ3n) is 15.1. The number of carbonyl (C=O) groups excluding carboxylic acids is 12. The molecule has 754 valence electrons. The molecular formula is C79H147N3O36S10. The maximum atomic E-state index is 11.6. The number of esters is 4. The number of likely N-dealkylation sites (tertiary alicyclic amines) is 1. The molecule has 0 spiro atoms. The Bertz CT molecular complexity index is 3850. The predicted molar refractivity (Wildman–Crippen MR) is 501 cm³/mol. The Hall–Kier alpha value is -5.36. The monoisotopic (exact) mass is 2030 g/mol. The molecule has 1 saturated heterocycles. The predicted octanol–water partition coefficient (Wildman–Crippen LogP) is 1.59. The molecule has 0 unspecified atom stereocenters. The third-order valence-corrected chi connectivity index (χ3v) is 28.7. The molecule has 2 rings (SSSR count). The summed E-state index contributed by atoms with van der Waals surface area (Å²) in [5, 5.41) is 67.2. The summed E-state index contributed by atoms with van der Waals surface area (Å²) < 4.78 is 151. The van der Waals surface area contributed by atoms with E-state index in [0.717, 1.165) is 66.2 Å². The maximum absolute atomic E-state index is 11.6. The average Bonchev–Trinajstić information content (AvgIpc) is 0.909. The van der Waals surface area contributed by atoms with Crippen molar-refractivity contribution in [2.24, 2.45) is 0 Å². The minimum absolute atomic E-state index is 0.00500. The number of amides is 3. The van der Waals surface area contributed by atoms with Crippen molar-refractivity contribution >= 4 is 177 Å². The molecule has 1 fully saturated rings. The topological polar surface area (TPSA) is 618 Å². The number of thioether (sulfide) groups is 4. The van der Waals surface area contributed by atoms with Crippen LogP contribution in [0.25, 0.3) is 0 Å². The number of carbonyl (C=O) groups is 12. The molecule has 8 N–H and O–H groups in total. The lowest BCUT2D eigenvalue weighted by Gasteiger charge is -2.26. The summed E-state index contributed by atoms with van der Waals surface area (Å²) in [4.78, 5) is 135. The van der Waals surface area contributed by atoms with E-state index in [1.165, 1.54) is 39.0 Å². The smallest absolute Gasteiger partial charge is 0.338 e. The summed E-state index contributed by atoms with van der Waals surface area (Å²) in [6, 6.07) is 8.34. The van der Waals surface area contributed by atoms with E-state index in [1.807, 2.05) is 11.8 Å². The Labute approximate surface area is 776 Å². The van der Waals surface area contributed by atoms with Gasteiger partial charge in [0.1, 0.15) is 42.1 Å². The van der Waals surface area contributed by atoms with Gasteiger partial charge in [-0.2, -0.15) is 47.0 Å². The molecule has 1 aliphatic heterocycles. The number of sulfone groups is 6. The van der Waals surface area contributed by atoms with Gasteiger partial charge in [0.25, 0.3) is 0 Å². The fourth-order valence-corrected chi connectivity index (χ4v) is 16.9. The number of ether oxygens (including phenoxy) is 4. The SMILES string of the molecule is CC(=O)CCS(=O)(=O)CCO.CC(=O)CCS(=O)(=O)CCOC(=O)c1ccccc1.CC(=O)CCS(=O)(=O)CCOC(C)=O.CCC(=O)CCS(=O)(=O)CCO.CCC(=O)CCSCCO.CCOC(=O)CCS(=O)(=O)CCO.CCOC(=O)CCSCCO.CN(C)C(=O)CCS(=O)(=O)CCO.CN(C)C(=O)CCSCCO.O=C(CCSCCO)N1CCCCC1. The van der Waals surface area contributed by atoms with E-state index in [9.17, 15) is 108 Å². The zero-order chi connectivity index (χ0) is 100. The van der Waals surface area contributed by atoms with Gasteiger partial charge < -0.3 is 74.5 Å². The van der Waals surface area contributed by atoms with E-state index in [4.69, 9.17) is 50.3 Å². The second-order valence-corrected chi connectivity index (χ2v) is 45.7. The van der Waals surface area contributed by atoms with Crippen molar-refractivity contribution < 1.29 is 168 Å². The molecule has 39 nitrogen and oxygen atoms in total. The van der Waals surface area contributed by atoms with Crippen molar-refractivity contribution in [1.82, 2.24) is 14.7 Å². The highest BCUT2D eigenvalue weighted by atomic mass is 32.2. The normalized spacial score (nSPS) is 11.5. The zero-order valence-electron chi connectivity index (χ0n) is 76.5. The Morgan fingerprint density at radius 2 is 0.641 bits per heavy atom. The molecule has 0 saturated carbocycles. The number of aliphatic hydroxyl groups excluding tert-OH is 8. The molecule has 0 aromatic heterocycles. The minimum atomic E-state index is -3.35. The number of rotatable bonds is 57. The lowest BCUT2D eigenvalue weighted by molar-refractivity contribution is -0.143. The second kappa shape index (κ2) is 89.5. The largest absolute Gasteiger partial charge is 0.466 e. The summed E-state index contributed by atoms with van der Waals surface area (Å²) in [6.07, 6.45) is 6.86. The van der Waals surface area contributed by atoms with Crippen LogP contribution in [0, 0.1) is 0 Å². The van der Waals surface area contributed by atoms with Crippen molar-refractivity contribution in [2.45, 2.75) is 152 Å². The zero-order valence-corrected chi connectivity index (χ0v) is 84.6. The van der Waals surface area contributed by atoms with Gasteiger partial charge in [0.15, 0.2) is 59.0 Å². The van der Waals surface area contributed by atoms with Crippen molar-refractivity contribution in [2.75, 3.05) is 236 Å². The maximum Gasteiger partial charge on any atom is 0.338 e. The van der Waals surface area contributed by atoms with Crippen molar-refractivity contribution in [3.63, 3.8) is 0 Å². The first-order valence-corrected chi connectivity index (χ1v) is 56.6. The van der Waals surface area contributed by atoms with E-state index in [1.54, 1.807) is 131 Å². The van der Waals surface area contributed by atoms with Crippen LogP contribution in [0.2, 0.25) is 0 Å². The fourth-order valence-electron chi connectivity index (χ4n) is 7.94. The van der Waals surface area contributed by atoms with E-state index >= 15 is 0 Å². The summed E-state index contributed by atoms with van der Waals surface area (Å²) in [5.74, 6) is 1.71. The molecule has 49 heteroatoms. The Kier molecular flexibility index (Phi) is 96.5. The number of Topliss-reactive ketones (excluding diaryl/α,β-unsaturated/α-hetero) is 5. The highest BCUT2D eigenvalue weighted by Crippen LogP contribution is 2.13. The van der Waals surface area contributed by atoms with Gasteiger partial charge in [-0.25, -0.2) is 55.3 Å². The Morgan fingerprint density at radius 3 is 0.977 bits per heavy atom. The Balaban J connectivity index is -0.000000209. The highest BCUT2D eigenvalue weighted by molar-refractivity contribution is 8.00. The third kappa shape index (κ3) is 108. The van der Waals surface area contributed by atoms with Crippen LogP contribution in [0.1, 0.15) is 162 Å². The molecule has 3 amide bonds. The van der Waals surface area contributed by atoms with Gasteiger partial charge in [-0.1, -0.05) is 32.0 Å². The van der Waals surface area contributed by atoms with Crippen molar-refractivity contribution in [3.05, 3.63) is 35.9 Å². The second-order valence-electron chi connectivity index (χ2n) is 27.0. The summed E-state index contributed by atoms with van der Waals surface area (Å²) in [5.41, 5.74) is 0.378. The van der Waals surface area contributed by atoms with E-state index in [0.29, 0.717) is 62.2 Å². The van der Waals surface area contributed by atoms with Crippen LogP contribution < -0.4 is 0 Å². The van der Waals surface area contributed by atoms with Gasteiger partial charge in [0.05, 0.1) is 154 Å². The van der Waals surface area contributed by atoms with Crippen LogP contribution in [-0.2, 0) is 131 Å².